The molecule has 0 aliphatic carbocycles. The van der Waals surface area contributed by atoms with Gasteiger partial charge in [-0.25, -0.2) is 0 Å². The molecule has 0 saturated carbocycles. The Bertz CT molecular complexity index is 266. The van der Waals surface area contributed by atoms with Gasteiger partial charge in [-0.2, -0.15) is 0 Å². The van der Waals surface area contributed by atoms with Crippen LogP contribution in [0.3, 0.4) is 0 Å². The van der Waals surface area contributed by atoms with E-state index in [1.54, 1.807) is 0 Å². The third-order valence-corrected chi connectivity index (χ3v) is 2.43. The quantitative estimate of drug-likeness (QED) is 0.777. The first-order chi connectivity index (χ1) is 6.70. The predicted octanol–water partition coefficient (Wildman–Crippen LogP) is 3.10. The Kier molecular flexibility index (Phi) is 6.25. The number of hydrogen-bond acceptors (Lipinski definition) is 3. The summed E-state index contributed by atoms with van der Waals surface area (Å²) in [5.41, 5.74) is 0. The van der Waals surface area contributed by atoms with Crippen molar-refractivity contribution in [1.29, 1.82) is 0 Å². The third kappa shape index (κ3) is 10.0. The van der Waals surface area contributed by atoms with E-state index >= 15 is 0 Å². The maximum Gasteiger partial charge on any atom is 0.192 e. The van der Waals surface area contributed by atoms with Gasteiger partial charge in [-0.05, 0) is 6.08 Å². The number of allylic oxidation sites excluding steroid dienone is 2. The van der Waals surface area contributed by atoms with E-state index in [9.17, 15) is 9.90 Å². The third-order valence-electron chi connectivity index (χ3n) is 1.30. The predicted molar refractivity (Wildman–Crippen MR) is 67.1 cm³/mol. The number of thioether (sulfide) groups is 1. The van der Waals surface area contributed by atoms with Crippen LogP contribution < -0.4 is 0 Å². The van der Waals surface area contributed by atoms with Crippen molar-refractivity contribution in [1.82, 2.24) is 0 Å². The van der Waals surface area contributed by atoms with E-state index in [1.807, 2.05) is 20.8 Å². The van der Waals surface area contributed by atoms with Crippen LogP contribution in [-0.2, 0) is 4.79 Å². The summed E-state index contributed by atoms with van der Waals surface area (Å²) in [5, 5.41) is 9.75. The summed E-state index contributed by atoms with van der Waals surface area (Å²) in [4.78, 5) is 11.4. The zero-order chi connectivity index (χ0) is 12.1. The molecule has 0 saturated heterocycles. The second-order valence-electron chi connectivity index (χ2n) is 4.16. The fourth-order valence-corrected chi connectivity index (χ4v) is 1.85. The van der Waals surface area contributed by atoms with Crippen molar-refractivity contribution in [2.75, 3.05) is 0 Å². The molecule has 4 heteroatoms. The summed E-state index contributed by atoms with van der Waals surface area (Å²) < 4.78 is -0.114. The Balaban J connectivity index is 4.02. The summed E-state index contributed by atoms with van der Waals surface area (Å²) in [6, 6.07) is 0. The van der Waals surface area contributed by atoms with Gasteiger partial charge in [0, 0.05) is 16.2 Å². The van der Waals surface area contributed by atoms with Crippen LogP contribution in [0.25, 0.3) is 0 Å². The highest BCUT2D eigenvalue weighted by Crippen LogP contribution is 2.25. The molecule has 0 spiro atoms. The Morgan fingerprint density at radius 1 is 1.60 bits per heavy atom. The molecule has 2 nitrogen and oxygen atoms in total. The molecule has 0 radical (unpaired) electrons. The van der Waals surface area contributed by atoms with Crippen molar-refractivity contribution in [3.8, 4) is 0 Å². The Hall–Kier alpha value is -0.250. The second-order valence-corrected chi connectivity index (χ2v) is 6.53. The Morgan fingerprint density at radius 2 is 2.13 bits per heavy atom. The minimum atomic E-state index is -0.789. The van der Waals surface area contributed by atoms with Gasteiger partial charge in [0.05, 0.1) is 6.10 Å². The lowest BCUT2D eigenvalue weighted by Crippen LogP contribution is -2.15. The van der Waals surface area contributed by atoms with Gasteiger partial charge in [0.1, 0.15) is 0 Å². The molecule has 0 aromatic heterocycles. The van der Waals surface area contributed by atoms with Crippen LogP contribution in [0.15, 0.2) is 23.8 Å². The zero-order valence-corrected chi connectivity index (χ0v) is 10.9. The summed E-state index contributed by atoms with van der Waals surface area (Å²) in [7, 11) is 0. The topological polar surface area (TPSA) is 37.3 Å². The number of rotatable bonds is 4. The second kappa shape index (κ2) is 6.36. The van der Waals surface area contributed by atoms with E-state index < -0.39 is 6.10 Å². The molecule has 1 N–H and O–H groups in total. The highest BCUT2D eigenvalue weighted by atomic mass is 35.5. The monoisotopic (exact) mass is 248 g/mol. The highest BCUT2D eigenvalue weighted by Gasteiger charge is 2.18. The molecule has 0 aliphatic heterocycles. The van der Waals surface area contributed by atoms with Crippen molar-refractivity contribution in [2.24, 2.45) is 0 Å². The van der Waals surface area contributed by atoms with Crippen LogP contribution in [0, 0.1) is 0 Å². The van der Waals surface area contributed by atoms with E-state index in [0.717, 1.165) is 0 Å². The molecule has 1 atom stereocenters. The van der Waals surface area contributed by atoms with Crippen molar-refractivity contribution in [3.63, 3.8) is 0 Å². The highest BCUT2D eigenvalue weighted by molar-refractivity contribution is 8.14. The van der Waals surface area contributed by atoms with Crippen LogP contribution in [0.4, 0.5) is 0 Å². The molecule has 15 heavy (non-hydrogen) atoms. The van der Waals surface area contributed by atoms with Crippen LogP contribution in [-0.4, -0.2) is 21.1 Å². The molecule has 0 fully saturated rings. The number of carbonyl (C=O) groups is 1. The Labute approximate surface area is 100 Å². The minimum Gasteiger partial charge on any atom is -0.389 e. The summed E-state index contributed by atoms with van der Waals surface area (Å²) in [6.45, 7) is 9.31. The van der Waals surface area contributed by atoms with Gasteiger partial charge in [0.25, 0.3) is 0 Å². The lowest BCUT2D eigenvalue weighted by Gasteiger charge is -2.16. The van der Waals surface area contributed by atoms with Gasteiger partial charge >= 0.3 is 0 Å². The largest absolute Gasteiger partial charge is 0.389 e. The van der Waals surface area contributed by atoms with Crippen molar-refractivity contribution >= 4 is 28.5 Å². The smallest absolute Gasteiger partial charge is 0.192 e. The first-order valence-electron chi connectivity index (χ1n) is 4.63. The summed E-state index contributed by atoms with van der Waals surface area (Å²) >= 11 is 6.71. The van der Waals surface area contributed by atoms with E-state index in [2.05, 4.69) is 6.58 Å². The molecule has 0 aliphatic rings. The maximum atomic E-state index is 11.4. The van der Waals surface area contributed by atoms with Gasteiger partial charge in [-0.15, -0.1) is 0 Å². The van der Waals surface area contributed by atoms with Crippen molar-refractivity contribution < 1.29 is 9.90 Å². The Morgan fingerprint density at radius 3 is 2.53 bits per heavy atom. The molecule has 0 bridgehead atoms. The molecular formula is C11H17ClO2S. The molecule has 0 heterocycles. The van der Waals surface area contributed by atoms with Crippen LogP contribution in [0.1, 0.15) is 27.2 Å². The van der Waals surface area contributed by atoms with E-state index in [0.29, 0.717) is 5.03 Å². The normalized spacial score (nSPS) is 14.2. The molecule has 86 valence electrons. The fraction of sp³-hybridized carbons (Fsp3) is 0.545. The molecule has 0 aromatic carbocycles. The van der Waals surface area contributed by atoms with Gasteiger partial charge in [-0.3, -0.25) is 4.79 Å². The summed E-state index contributed by atoms with van der Waals surface area (Å²) in [5.74, 6) is 0. The van der Waals surface area contributed by atoms with Gasteiger partial charge in [0.15, 0.2) is 5.12 Å². The van der Waals surface area contributed by atoms with Crippen molar-refractivity contribution in [2.45, 2.75) is 38.0 Å². The number of aliphatic hydroxyl groups is 1. The molecule has 0 amide bonds. The number of halogens is 1. The fourth-order valence-electron chi connectivity index (χ4n) is 0.837. The minimum absolute atomic E-state index is 0.0279. The molecule has 1 unspecified atom stereocenters. The van der Waals surface area contributed by atoms with Crippen LogP contribution in [0.5, 0.6) is 0 Å². The average molecular weight is 249 g/mol. The van der Waals surface area contributed by atoms with Gasteiger partial charge in [-0.1, -0.05) is 56.8 Å². The lowest BCUT2D eigenvalue weighted by molar-refractivity contribution is -0.112. The van der Waals surface area contributed by atoms with Crippen LogP contribution in [0.2, 0.25) is 0 Å². The number of aliphatic hydroxyl groups excluding tert-OH is 1. The number of carbonyl (C=O) groups excluding carboxylic acids is 1. The van der Waals surface area contributed by atoms with Gasteiger partial charge < -0.3 is 5.11 Å². The van der Waals surface area contributed by atoms with Crippen molar-refractivity contribution in [3.05, 3.63) is 23.8 Å². The standard InChI is InChI=1S/C11H17ClO2S/c1-8(12)5-6-9(13)7-10(14)15-11(2,3)4/h5-6,9,13H,1,7H2,2-4H3/b6-5+. The van der Waals surface area contributed by atoms with E-state index in [1.165, 1.54) is 23.9 Å². The molecule has 0 aromatic rings. The van der Waals surface area contributed by atoms with Gasteiger partial charge in [0.2, 0.25) is 0 Å². The first kappa shape index (κ1) is 14.8. The average Bonchev–Trinajstić information content (AvgIpc) is 1.96. The summed E-state index contributed by atoms with van der Waals surface area (Å²) in [6.07, 6.45) is 2.27. The molecular weight excluding hydrogens is 232 g/mol. The first-order valence-corrected chi connectivity index (χ1v) is 5.82. The maximum absolute atomic E-state index is 11.4. The van der Waals surface area contributed by atoms with Crippen LogP contribution >= 0.6 is 23.4 Å². The van der Waals surface area contributed by atoms with E-state index in [-0.39, 0.29) is 16.3 Å². The SMILES string of the molecule is C=C(Cl)/C=C/C(O)CC(=O)SC(C)(C)C. The lowest BCUT2D eigenvalue weighted by atomic mass is 10.2. The van der Waals surface area contributed by atoms with E-state index in [4.69, 9.17) is 11.6 Å². The zero-order valence-electron chi connectivity index (χ0n) is 9.29. The number of hydrogen-bond donors (Lipinski definition) is 1. The molecule has 0 rings (SSSR count).